The predicted octanol–water partition coefficient (Wildman–Crippen LogP) is 3.57. The zero-order chi connectivity index (χ0) is 27.2. The fourth-order valence-electron chi connectivity index (χ4n) is 5.41. The number of nitrogens with two attached hydrogens (primary N) is 1. The fourth-order valence-corrected chi connectivity index (χ4v) is 5.54. The number of nitrogens with one attached hydrogen (secondary N) is 2. The molecule has 0 aromatic heterocycles. The molecule has 2 aromatic rings. The first-order valence-corrected chi connectivity index (χ1v) is 13.1. The Balaban J connectivity index is 1.39. The Kier molecular flexibility index (Phi) is 9.06. The second-order valence-electron chi connectivity index (χ2n) is 9.74. The Morgan fingerprint density at radius 1 is 1.00 bits per heavy atom. The highest BCUT2D eigenvalue weighted by Crippen LogP contribution is 2.40. The van der Waals surface area contributed by atoms with Crippen molar-refractivity contribution in [3.63, 3.8) is 0 Å². The van der Waals surface area contributed by atoms with E-state index in [4.69, 9.17) is 31.5 Å². The van der Waals surface area contributed by atoms with E-state index >= 15 is 0 Å². The summed E-state index contributed by atoms with van der Waals surface area (Å²) in [6.07, 6.45) is 3.10. The number of ether oxygens (including phenoxy) is 3. The molecule has 2 heterocycles. The van der Waals surface area contributed by atoms with Crippen molar-refractivity contribution >= 4 is 29.4 Å². The molecule has 206 valence electrons. The molecule has 2 aliphatic rings. The Labute approximate surface area is 228 Å². The molecule has 0 bridgehead atoms. The number of likely N-dealkylation sites (tertiary alicyclic amines) is 2. The number of carbonyl (C=O) groups is 2. The second kappa shape index (κ2) is 12.4. The quantitative estimate of drug-likeness (QED) is 0.466. The number of piperidine rings is 1. The number of carbonyl (C=O) groups excluding carboxylic acids is 2. The van der Waals surface area contributed by atoms with Crippen LogP contribution < -0.4 is 30.6 Å². The molecule has 4 rings (SSSR count). The molecule has 2 aliphatic heterocycles. The number of urea groups is 2. The number of halogens is 1. The van der Waals surface area contributed by atoms with Crippen molar-refractivity contribution in [2.24, 2.45) is 11.7 Å². The van der Waals surface area contributed by atoms with E-state index in [1.165, 1.54) is 26.9 Å². The lowest BCUT2D eigenvalue weighted by molar-refractivity contribution is 0.123. The van der Waals surface area contributed by atoms with E-state index in [2.05, 4.69) is 27.7 Å². The van der Waals surface area contributed by atoms with Crippen LogP contribution in [0.2, 0.25) is 5.02 Å². The molecule has 2 fully saturated rings. The van der Waals surface area contributed by atoms with Crippen LogP contribution in [-0.4, -0.2) is 81.5 Å². The number of benzene rings is 2. The Morgan fingerprint density at radius 2 is 1.63 bits per heavy atom. The smallest absolute Gasteiger partial charge is 0.319 e. The largest absolute Gasteiger partial charge is 0.493 e. The summed E-state index contributed by atoms with van der Waals surface area (Å²) in [4.78, 5) is 29.0. The van der Waals surface area contributed by atoms with Gasteiger partial charge in [0.2, 0.25) is 5.75 Å². The Morgan fingerprint density at radius 3 is 2.18 bits per heavy atom. The van der Waals surface area contributed by atoms with Crippen molar-refractivity contribution in [3.8, 4) is 17.2 Å². The monoisotopic (exact) mass is 545 g/mol. The van der Waals surface area contributed by atoms with E-state index in [1.54, 1.807) is 17.0 Å². The van der Waals surface area contributed by atoms with Crippen LogP contribution in [0.25, 0.3) is 0 Å². The summed E-state index contributed by atoms with van der Waals surface area (Å²) in [7, 11) is 4.55. The van der Waals surface area contributed by atoms with E-state index in [-0.39, 0.29) is 12.1 Å². The van der Waals surface area contributed by atoms with Gasteiger partial charge < -0.3 is 35.5 Å². The van der Waals surface area contributed by atoms with E-state index in [0.717, 1.165) is 37.4 Å². The van der Waals surface area contributed by atoms with Gasteiger partial charge in [-0.15, -0.1) is 0 Å². The van der Waals surface area contributed by atoms with E-state index in [9.17, 15) is 9.59 Å². The van der Waals surface area contributed by atoms with Crippen LogP contribution in [0.4, 0.5) is 15.3 Å². The summed E-state index contributed by atoms with van der Waals surface area (Å²) in [5.41, 5.74) is 7.38. The standard InChI is InChI=1S/C27H36ClN5O5/c1-36-23-13-20(14-24(37-2)25(23)38-3)30-27(35)31-21-15-33(26(29)34)16-22(21)32-10-8-18(9-11-32)12-17-4-6-19(28)7-5-17/h4-7,13-14,18,21-22H,8-12,15-16H2,1-3H3,(H2,29,34)(H2,30,31,35). The van der Waals surface area contributed by atoms with Crippen LogP contribution in [-0.2, 0) is 6.42 Å². The molecule has 10 nitrogen and oxygen atoms in total. The van der Waals surface area contributed by atoms with Crippen molar-refractivity contribution in [3.05, 3.63) is 47.0 Å². The first-order valence-electron chi connectivity index (χ1n) is 12.7. The third-order valence-electron chi connectivity index (χ3n) is 7.40. The minimum Gasteiger partial charge on any atom is -0.493 e. The molecule has 0 radical (unpaired) electrons. The number of nitrogens with zero attached hydrogens (tertiary/aromatic N) is 2. The lowest BCUT2D eigenvalue weighted by Crippen LogP contribution is -2.54. The normalized spacial score (nSPS) is 20.2. The van der Waals surface area contributed by atoms with Gasteiger partial charge in [0.05, 0.1) is 33.1 Å². The minimum atomic E-state index is -0.484. The van der Waals surface area contributed by atoms with Gasteiger partial charge in [-0.1, -0.05) is 23.7 Å². The molecule has 4 amide bonds. The van der Waals surface area contributed by atoms with Crippen LogP contribution in [0, 0.1) is 5.92 Å². The van der Waals surface area contributed by atoms with Gasteiger partial charge >= 0.3 is 12.1 Å². The molecule has 0 spiro atoms. The number of primary amides is 1. The van der Waals surface area contributed by atoms with Gasteiger partial charge in [-0.3, -0.25) is 4.90 Å². The molecule has 0 saturated carbocycles. The molecule has 2 saturated heterocycles. The fraction of sp³-hybridized carbons (Fsp3) is 0.481. The number of anilines is 1. The average Bonchev–Trinajstić information content (AvgIpc) is 3.33. The summed E-state index contributed by atoms with van der Waals surface area (Å²) in [6.45, 7) is 2.62. The summed E-state index contributed by atoms with van der Waals surface area (Å²) in [5, 5.41) is 6.65. The van der Waals surface area contributed by atoms with Gasteiger partial charge in [-0.05, 0) is 56.0 Å². The lowest BCUT2D eigenvalue weighted by atomic mass is 9.89. The minimum absolute atomic E-state index is 0.0235. The topological polar surface area (TPSA) is 118 Å². The van der Waals surface area contributed by atoms with Crippen molar-refractivity contribution in [1.82, 2.24) is 15.1 Å². The maximum atomic E-state index is 13.0. The van der Waals surface area contributed by atoms with Crippen LogP contribution in [0.1, 0.15) is 18.4 Å². The molecular weight excluding hydrogens is 510 g/mol. The molecule has 2 aromatic carbocycles. The SMILES string of the molecule is COc1cc(NC(=O)NC2CN(C(N)=O)CC2N2CCC(Cc3ccc(Cl)cc3)CC2)cc(OC)c1OC. The number of amides is 4. The summed E-state index contributed by atoms with van der Waals surface area (Å²) < 4.78 is 16.1. The van der Waals surface area contributed by atoms with Gasteiger partial charge in [0, 0.05) is 36.3 Å². The number of hydrogen-bond donors (Lipinski definition) is 3. The van der Waals surface area contributed by atoms with Crippen molar-refractivity contribution in [2.45, 2.75) is 31.3 Å². The van der Waals surface area contributed by atoms with Crippen LogP contribution >= 0.6 is 11.6 Å². The third-order valence-corrected chi connectivity index (χ3v) is 7.65. The van der Waals surface area contributed by atoms with Gasteiger partial charge in [0.15, 0.2) is 11.5 Å². The highest BCUT2D eigenvalue weighted by atomic mass is 35.5. The van der Waals surface area contributed by atoms with E-state index in [1.807, 2.05) is 12.1 Å². The summed E-state index contributed by atoms with van der Waals surface area (Å²) in [6, 6.07) is 10.2. The lowest BCUT2D eigenvalue weighted by Gasteiger charge is -2.38. The molecular formula is C27H36ClN5O5. The van der Waals surface area contributed by atoms with Gasteiger partial charge in [0.1, 0.15) is 0 Å². The second-order valence-corrected chi connectivity index (χ2v) is 10.2. The Bertz CT molecular complexity index is 1100. The van der Waals surface area contributed by atoms with Crippen molar-refractivity contribution < 1.29 is 23.8 Å². The molecule has 0 aliphatic carbocycles. The van der Waals surface area contributed by atoms with Crippen LogP contribution in [0.5, 0.6) is 17.2 Å². The number of hydrogen-bond acceptors (Lipinski definition) is 6. The average molecular weight is 546 g/mol. The van der Waals surface area contributed by atoms with Crippen molar-refractivity contribution in [2.75, 3.05) is 52.8 Å². The number of rotatable bonds is 8. The third kappa shape index (κ3) is 6.54. The first kappa shape index (κ1) is 27.7. The molecule has 2 atom stereocenters. The summed E-state index contributed by atoms with van der Waals surface area (Å²) in [5.74, 6) is 1.88. The Hall–Kier alpha value is -3.37. The zero-order valence-corrected chi connectivity index (χ0v) is 22.8. The maximum Gasteiger partial charge on any atom is 0.319 e. The van der Waals surface area contributed by atoms with Crippen LogP contribution in [0.3, 0.4) is 0 Å². The van der Waals surface area contributed by atoms with Gasteiger partial charge in [-0.2, -0.15) is 0 Å². The maximum absolute atomic E-state index is 13.0. The molecule has 4 N–H and O–H groups in total. The van der Waals surface area contributed by atoms with E-state index in [0.29, 0.717) is 41.9 Å². The highest BCUT2D eigenvalue weighted by molar-refractivity contribution is 6.30. The molecule has 38 heavy (non-hydrogen) atoms. The molecule has 2 unspecified atom stereocenters. The van der Waals surface area contributed by atoms with Gasteiger partial charge in [-0.25, -0.2) is 9.59 Å². The summed E-state index contributed by atoms with van der Waals surface area (Å²) >= 11 is 6.02. The van der Waals surface area contributed by atoms with Crippen molar-refractivity contribution in [1.29, 1.82) is 0 Å². The van der Waals surface area contributed by atoms with Crippen LogP contribution in [0.15, 0.2) is 36.4 Å². The number of methoxy groups -OCH3 is 3. The highest BCUT2D eigenvalue weighted by Gasteiger charge is 2.40. The zero-order valence-electron chi connectivity index (χ0n) is 22.0. The predicted molar refractivity (Wildman–Crippen MR) is 146 cm³/mol. The van der Waals surface area contributed by atoms with Gasteiger partial charge in [0.25, 0.3) is 0 Å². The first-order chi connectivity index (χ1) is 18.3. The molecule has 11 heteroatoms. The van der Waals surface area contributed by atoms with E-state index < -0.39 is 12.1 Å².